The number of halogens is 1. The zero-order valence-corrected chi connectivity index (χ0v) is 10.9. The van der Waals surface area contributed by atoms with Crippen LogP contribution in [0.3, 0.4) is 0 Å². The number of methoxy groups -OCH3 is 1. The van der Waals surface area contributed by atoms with Crippen molar-refractivity contribution in [1.29, 1.82) is 0 Å². The number of hydrogen-bond donors (Lipinski definition) is 1. The minimum Gasteiger partial charge on any atom is -0.494 e. The first-order valence-corrected chi connectivity index (χ1v) is 5.57. The Morgan fingerprint density at radius 2 is 2.20 bits per heavy atom. The maximum Gasteiger partial charge on any atom is 0.338 e. The molecule has 0 aliphatic rings. The Morgan fingerprint density at radius 1 is 1.53 bits per heavy atom. The molecule has 0 saturated heterocycles. The summed E-state index contributed by atoms with van der Waals surface area (Å²) in [6.45, 7) is 2.11. The number of benzene rings is 1. The fraction of sp³-hybridized carbons (Fsp3) is 0.300. The molecule has 82 valence electrons. The maximum atomic E-state index is 11.4. The second kappa shape index (κ2) is 5.42. The van der Waals surface area contributed by atoms with Crippen molar-refractivity contribution in [3.8, 4) is 5.75 Å². The second-order valence-electron chi connectivity index (χ2n) is 2.73. The van der Waals surface area contributed by atoms with Crippen molar-refractivity contribution >= 4 is 34.5 Å². The fourth-order valence-corrected chi connectivity index (χ4v) is 2.24. The number of carbonyl (C=O) groups is 1. The van der Waals surface area contributed by atoms with Gasteiger partial charge in [0.05, 0.1) is 23.8 Å². The van der Waals surface area contributed by atoms with Gasteiger partial charge in [-0.25, -0.2) is 4.79 Å². The van der Waals surface area contributed by atoms with E-state index in [1.165, 1.54) is 0 Å². The molecule has 0 heterocycles. The van der Waals surface area contributed by atoms with Crippen LogP contribution in [0.2, 0.25) is 0 Å². The van der Waals surface area contributed by atoms with Crippen LogP contribution in [0, 0.1) is 0 Å². The zero-order valence-electron chi connectivity index (χ0n) is 8.41. The Labute approximate surface area is 102 Å². The number of ether oxygens (including phenoxy) is 2. The number of hydrogen-bond acceptors (Lipinski definition) is 4. The third-order valence-corrected chi connectivity index (χ3v) is 2.66. The molecule has 0 amide bonds. The van der Waals surface area contributed by atoms with Crippen molar-refractivity contribution in [2.75, 3.05) is 13.7 Å². The SMILES string of the molecule is CCOC(=O)c1cc(S)c(OC)c(Br)c1. The van der Waals surface area contributed by atoms with E-state index in [0.717, 1.165) is 0 Å². The highest BCUT2D eigenvalue weighted by atomic mass is 79.9. The fourth-order valence-electron chi connectivity index (χ4n) is 1.11. The van der Waals surface area contributed by atoms with Gasteiger partial charge in [0.2, 0.25) is 0 Å². The molecule has 0 aromatic heterocycles. The molecule has 1 rings (SSSR count). The molecule has 3 nitrogen and oxygen atoms in total. The molecule has 5 heteroatoms. The average molecular weight is 291 g/mol. The van der Waals surface area contributed by atoms with Gasteiger partial charge in [0.25, 0.3) is 0 Å². The van der Waals surface area contributed by atoms with Crippen LogP contribution in [0.15, 0.2) is 21.5 Å². The van der Waals surface area contributed by atoms with Crippen molar-refractivity contribution < 1.29 is 14.3 Å². The second-order valence-corrected chi connectivity index (χ2v) is 4.07. The van der Waals surface area contributed by atoms with Crippen LogP contribution < -0.4 is 4.74 Å². The lowest BCUT2D eigenvalue weighted by atomic mass is 10.2. The molecule has 0 atom stereocenters. The summed E-state index contributed by atoms with van der Waals surface area (Å²) in [5, 5.41) is 0. The number of rotatable bonds is 3. The molecule has 0 fully saturated rings. The van der Waals surface area contributed by atoms with E-state index in [2.05, 4.69) is 28.6 Å². The van der Waals surface area contributed by atoms with Gasteiger partial charge in [-0.1, -0.05) is 0 Å². The van der Waals surface area contributed by atoms with Gasteiger partial charge in [-0.2, -0.15) is 0 Å². The van der Waals surface area contributed by atoms with Gasteiger partial charge < -0.3 is 9.47 Å². The molecule has 1 aromatic carbocycles. The van der Waals surface area contributed by atoms with E-state index in [9.17, 15) is 4.79 Å². The van der Waals surface area contributed by atoms with Crippen LogP contribution in [0.25, 0.3) is 0 Å². The van der Waals surface area contributed by atoms with Gasteiger partial charge >= 0.3 is 5.97 Å². The summed E-state index contributed by atoms with van der Waals surface area (Å²) >= 11 is 7.51. The van der Waals surface area contributed by atoms with Crippen molar-refractivity contribution in [2.24, 2.45) is 0 Å². The van der Waals surface area contributed by atoms with E-state index in [4.69, 9.17) is 9.47 Å². The van der Waals surface area contributed by atoms with E-state index < -0.39 is 0 Å². The molecule has 15 heavy (non-hydrogen) atoms. The van der Waals surface area contributed by atoms with Crippen molar-refractivity contribution in [3.05, 3.63) is 22.2 Å². The molecular formula is C10H11BrO3S. The van der Waals surface area contributed by atoms with Crippen molar-refractivity contribution in [2.45, 2.75) is 11.8 Å². The van der Waals surface area contributed by atoms with Crippen LogP contribution >= 0.6 is 28.6 Å². The van der Waals surface area contributed by atoms with Crippen LogP contribution in [0.1, 0.15) is 17.3 Å². The Bertz CT molecular complexity index is 356. The predicted octanol–water partition coefficient (Wildman–Crippen LogP) is 2.92. The van der Waals surface area contributed by atoms with Gasteiger partial charge in [0.1, 0.15) is 5.75 Å². The van der Waals surface area contributed by atoms with E-state index in [0.29, 0.717) is 27.3 Å². The van der Waals surface area contributed by atoms with Crippen molar-refractivity contribution in [1.82, 2.24) is 0 Å². The maximum absolute atomic E-state index is 11.4. The highest BCUT2D eigenvalue weighted by Gasteiger charge is 2.12. The van der Waals surface area contributed by atoms with Gasteiger partial charge in [0, 0.05) is 4.90 Å². The zero-order chi connectivity index (χ0) is 11.4. The minimum absolute atomic E-state index is 0.352. The van der Waals surface area contributed by atoms with Gasteiger partial charge in [-0.15, -0.1) is 12.6 Å². The largest absolute Gasteiger partial charge is 0.494 e. The summed E-state index contributed by atoms with van der Waals surface area (Å²) in [7, 11) is 1.55. The topological polar surface area (TPSA) is 35.5 Å². The van der Waals surface area contributed by atoms with E-state index in [1.807, 2.05) is 0 Å². The van der Waals surface area contributed by atoms with E-state index in [-0.39, 0.29) is 5.97 Å². The third kappa shape index (κ3) is 2.89. The molecule has 0 N–H and O–H groups in total. The molecule has 0 aliphatic heterocycles. The average Bonchev–Trinajstić information content (AvgIpc) is 2.17. The van der Waals surface area contributed by atoms with Gasteiger partial charge in [-0.05, 0) is 35.0 Å². The molecular weight excluding hydrogens is 280 g/mol. The Hall–Kier alpha value is -0.680. The van der Waals surface area contributed by atoms with Crippen LogP contribution in [-0.4, -0.2) is 19.7 Å². The smallest absolute Gasteiger partial charge is 0.338 e. The lowest BCUT2D eigenvalue weighted by molar-refractivity contribution is 0.0526. The van der Waals surface area contributed by atoms with Crippen LogP contribution in [0.4, 0.5) is 0 Å². The summed E-state index contributed by atoms with van der Waals surface area (Å²) < 4.78 is 10.7. The highest BCUT2D eigenvalue weighted by molar-refractivity contribution is 9.10. The van der Waals surface area contributed by atoms with E-state index in [1.54, 1.807) is 26.2 Å². The Morgan fingerprint density at radius 3 is 2.67 bits per heavy atom. The number of thiol groups is 1. The first-order chi connectivity index (χ1) is 7.10. The molecule has 0 bridgehead atoms. The van der Waals surface area contributed by atoms with Crippen LogP contribution in [-0.2, 0) is 4.74 Å². The monoisotopic (exact) mass is 290 g/mol. The predicted molar refractivity (Wildman–Crippen MR) is 63.9 cm³/mol. The molecule has 1 aromatic rings. The summed E-state index contributed by atoms with van der Waals surface area (Å²) in [5.41, 5.74) is 0.453. The molecule has 0 radical (unpaired) electrons. The Balaban J connectivity index is 3.08. The molecule has 0 aliphatic carbocycles. The summed E-state index contributed by atoms with van der Waals surface area (Å²) in [5.74, 6) is 0.238. The molecule has 0 saturated carbocycles. The molecule has 0 unspecified atom stereocenters. The van der Waals surface area contributed by atoms with Crippen LogP contribution in [0.5, 0.6) is 5.75 Å². The van der Waals surface area contributed by atoms with Crippen molar-refractivity contribution in [3.63, 3.8) is 0 Å². The number of esters is 1. The lowest BCUT2D eigenvalue weighted by Gasteiger charge is -2.08. The first-order valence-electron chi connectivity index (χ1n) is 4.33. The highest BCUT2D eigenvalue weighted by Crippen LogP contribution is 2.33. The summed E-state index contributed by atoms with van der Waals surface area (Å²) in [6.07, 6.45) is 0. The summed E-state index contributed by atoms with van der Waals surface area (Å²) in [6, 6.07) is 3.27. The third-order valence-electron chi connectivity index (χ3n) is 1.74. The minimum atomic E-state index is -0.365. The lowest BCUT2D eigenvalue weighted by Crippen LogP contribution is -2.05. The first kappa shape index (κ1) is 12.4. The quantitative estimate of drug-likeness (QED) is 0.687. The number of carbonyl (C=O) groups excluding carboxylic acids is 1. The Kier molecular flexibility index (Phi) is 4.47. The normalized spacial score (nSPS) is 9.87. The summed E-state index contributed by atoms with van der Waals surface area (Å²) in [4.78, 5) is 12.0. The standard InChI is InChI=1S/C10H11BrO3S/c1-3-14-10(12)6-4-7(11)9(13-2)8(15)5-6/h4-5,15H,3H2,1-2H3. The van der Waals surface area contributed by atoms with E-state index >= 15 is 0 Å². The van der Waals surface area contributed by atoms with Gasteiger partial charge in [0.15, 0.2) is 0 Å². The van der Waals surface area contributed by atoms with Gasteiger partial charge in [-0.3, -0.25) is 0 Å². The molecule has 0 spiro atoms.